The third kappa shape index (κ3) is 2.97. The number of nitrogens with one attached hydrogen (secondary N) is 1. The number of ether oxygens (including phenoxy) is 1. The maximum atomic E-state index is 13.0. The molecule has 5 nitrogen and oxygen atoms in total. The van der Waals surface area contributed by atoms with Crippen LogP contribution >= 0.6 is 0 Å². The van der Waals surface area contributed by atoms with Gasteiger partial charge in [0.1, 0.15) is 5.75 Å². The molecule has 0 bridgehead atoms. The monoisotopic (exact) mass is 372 g/mol. The van der Waals surface area contributed by atoms with Crippen molar-refractivity contribution in [3.8, 4) is 5.75 Å². The summed E-state index contributed by atoms with van der Waals surface area (Å²) in [6, 6.07) is 12.5. The molecule has 0 spiro atoms. The fourth-order valence-corrected chi connectivity index (χ4v) is 5.31. The highest BCUT2D eigenvalue weighted by atomic mass is 32.2. The van der Waals surface area contributed by atoms with Crippen LogP contribution < -0.4 is 10.1 Å². The molecule has 138 valence electrons. The first kappa shape index (κ1) is 17.4. The zero-order chi connectivity index (χ0) is 18.3. The quantitative estimate of drug-likeness (QED) is 0.897. The Bertz CT molecular complexity index is 909. The molecule has 0 amide bonds. The summed E-state index contributed by atoms with van der Waals surface area (Å²) >= 11 is 0. The number of hydrogen-bond acceptors (Lipinski definition) is 5. The van der Waals surface area contributed by atoms with Crippen LogP contribution in [-0.2, 0) is 9.84 Å². The maximum absolute atomic E-state index is 13.0. The fraction of sp³-hybridized carbons (Fsp3) is 0.400. The van der Waals surface area contributed by atoms with Crippen molar-refractivity contribution in [2.24, 2.45) is 0 Å². The Balaban J connectivity index is 1.69. The molecular weight excluding hydrogens is 348 g/mol. The van der Waals surface area contributed by atoms with E-state index in [4.69, 9.17) is 4.74 Å². The molecule has 2 atom stereocenters. The van der Waals surface area contributed by atoms with Gasteiger partial charge in [0.05, 0.1) is 16.9 Å². The minimum atomic E-state index is -3.54. The summed E-state index contributed by atoms with van der Waals surface area (Å²) in [6.07, 6.45) is 2.13. The van der Waals surface area contributed by atoms with E-state index in [-0.39, 0.29) is 0 Å². The Morgan fingerprint density at radius 2 is 1.73 bits per heavy atom. The molecule has 2 heterocycles. The van der Waals surface area contributed by atoms with E-state index in [2.05, 4.69) is 17.3 Å². The van der Waals surface area contributed by atoms with Gasteiger partial charge < -0.3 is 15.0 Å². The summed E-state index contributed by atoms with van der Waals surface area (Å²) in [5, 5.41) is 3.59. The van der Waals surface area contributed by atoms with Gasteiger partial charge in [-0.25, -0.2) is 8.42 Å². The molecule has 0 radical (unpaired) electrons. The summed E-state index contributed by atoms with van der Waals surface area (Å²) < 4.78 is 31.2. The molecule has 26 heavy (non-hydrogen) atoms. The van der Waals surface area contributed by atoms with Crippen molar-refractivity contribution in [2.45, 2.75) is 34.6 Å². The average molecular weight is 372 g/mol. The second-order valence-corrected chi connectivity index (χ2v) is 9.12. The molecule has 6 heteroatoms. The van der Waals surface area contributed by atoms with Gasteiger partial charge in [-0.15, -0.1) is 0 Å². The number of sulfone groups is 1. The lowest BCUT2D eigenvalue weighted by molar-refractivity contribution is 0.346. The molecule has 0 aliphatic carbocycles. The molecule has 2 aliphatic rings. The number of nitrogens with zero attached hydrogens (tertiary/aromatic N) is 1. The molecule has 1 N–H and O–H groups in total. The van der Waals surface area contributed by atoms with Crippen molar-refractivity contribution >= 4 is 15.5 Å². The van der Waals surface area contributed by atoms with Crippen molar-refractivity contribution in [1.82, 2.24) is 4.90 Å². The van der Waals surface area contributed by atoms with E-state index in [9.17, 15) is 8.42 Å². The SMILES string of the molecule is COc1ccc(S(=O)(=O)c2ccc3c(c2)[C@@H]2CCN(C)CCC2N3)cc1. The van der Waals surface area contributed by atoms with Gasteiger partial charge in [0.2, 0.25) is 9.84 Å². The van der Waals surface area contributed by atoms with Crippen molar-refractivity contribution in [1.29, 1.82) is 0 Å². The van der Waals surface area contributed by atoms with Crippen LogP contribution in [0.1, 0.15) is 24.3 Å². The number of methoxy groups -OCH3 is 1. The number of likely N-dealkylation sites (tertiary alicyclic amines) is 1. The van der Waals surface area contributed by atoms with E-state index in [1.165, 1.54) is 0 Å². The number of benzene rings is 2. The maximum Gasteiger partial charge on any atom is 0.206 e. The van der Waals surface area contributed by atoms with Gasteiger partial charge >= 0.3 is 0 Å². The van der Waals surface area contributed by atoms with Gasteiger partial charge in [-0.3, -0.25) is 0 Å². The molecular formula is C20H24N2O3S. The van der Waals surface area contributed by atoms with E-state index < -0.39 is 9.84 Å². The second-order valence-electron chi connectivity index (χ2n) is 7.17. The first-order valence-corrected chi connectivity index (χ1v) is 10.5. The zero-order valence-electron chi connectivity index (χ0n) is 15.1. The molecule has 0 aromatic heterocycles. The molecule has 1 fully saturated rings. The second kappa shape index (κ2) is 6.59. The van der Waals surface area contributed by atoms with Gasteiger partial charge in [0, 0.05) is 17.6 Å². The number of fused-ring (bicyclic) bond motifs is 3. The lowest BCUT2D eigenvalue weighted by Gasteiger charge is -2.16. The third-order valence-electron chi connectivity index (χ3n) is 5.57. The van der Waals surface area contributed by atoms with Gasteiger partial charge in [-0.1, -0.05) is 0 Å². The van der Waals surface area contributed by atoms with Crippen molar-refractivity contribution in [2.75, 3.05) is 32.6 Å². The van der Waals surface area contributed by atoms with Gasteiger partial charge in [0.15, 0.2) is 0 Å². The van der Waals surface area contributed by atoms with Crippen molar-refractivity contribution < 1.29 is 13.2 Å². The Labute approximate surface area is 154 Å². The summed E-state index contributed by atoms with van der Waals surface area (Å²) in [5.74, 6) is 1.02. The highest BCUT2D eigenvalue weighted by Crippen LogP contribution is 2.42. The standard InChI is InChI=1S/C20H24N2O3S/c1-22-11-9-17-18-13-16(7-8-19(18)21-20(17)10-12-22)26(23,24)15-5-3-14(25-2)4-6-15/h3-8,13,17,20-21H,9-12H2,1-2H3/t17-,20?/m0/s1. The predicted molar refractivity (Wildman–Crippen MR) is 102 cm³/mol. The molecule has 1 saturated heterocycles. The van der Waals surface area contributed by atoms with Crippen LogP contribution in [0, 0.1) is 0 Å². The number of anilines is 1. The highest BCUT2D eigenvalue weighted by Gasteiger charge is 2.34. The molecule has 2 aliphatic heterocycles. The highest BCUT2D eigenvalue weighted by molar-refractivity contribution is 7.91. The molecule has 0 saturated carbocycles. The minimum Gasteiger partial charge on any atom is -0.497 e. The van der Waals surface area contributed by atoms with Crippen LogP contribution in [0.15, 0.2) is 52.3 Å². The lowest BCUT2D eigenvalue weighted by Crippen LogP contribution is -2.22. The van der Waals surface area contributed by atoms with E-state index in [0.29, 0.717) is 27.5 Å². The minimum absolute atomic E-state index is 0.293. The Kier molecular flexibility index (Phi) is 4.40. The molecule has 4 rings (SSSR count). The normalized spacial score (nSPS) is 22.8. The van der Waals surface area contributed by atoms with Crippen LogP contribution in [-0.4, -0.2) is 46.6 Å². The summed E-state index contributed by atoms with van der Waals surface area (Å²) in [5.41, 5.74) is 2.22. The smallest absolute Gasteiger partial charge is 0.206 e. The first-order valence-electron chi connectivity index (χ1n) is 8.97. The first-order chi connectivity index (χ1) is 12.5. The van der Waals surface area contributed by atoms with Gasteiger partial charge in [0.25, 0.3) is 0 Å². The van der Waals surface area contributed by atoms with E-state index in [1.54, 1.807) is 37.4 Å². The Morgan fingerprint density at radius 1 is 1.04 bits per heavy atom. The Morgan fingerprint density at radius 3 is 2.46 bits per heavy atom. The molecule has 2 aromatic rings. The van der Waals surface area contributed by atoms with Crippen molar-refractivity contribution in [3.05, 3.63) is 48.0 Å². The van der Waals surface area contributed by atoms with Crippen LogP contribution in [0.5, 0.6) is 5.75 Å². The van der Waals surface area contributed by atoms with Crippen LogP contribution in [0.25, 0.3) is 0 Å². The lowest BCUT2D eigenvalue weighted by atomic mass is 9.91. The van der Waals surface area contributed by atoms with Gasteiger partial charge in [-0.05, 0) is 81.0 Å². The van der Waals surface area contributed by atoms with Crippen LogP contribution in [0.4, 0.5) is 5.69 Å². The van der Waals surface area contributed by atoms with E-state index in [1.807, 2.05) is 12.1 Å². The number of hydrogen-bond donors (Lipinski definition) is 1. The van der Waals surface area contributed by atoms with Crippen LogP contribution in [0.2, 0.25) is 0 Å². The third-order valence-corrected chi connectivity index (χ3v) is 7.34. The zero-order valence-corrected chi connectivity index (χ0v) is 15.9. The van der Waals surface area contributed by atoms with Crippen LogP contribution in [0.3, 0.4) is 0 Å². The number of rotatable bonds is 3. The van der Waals surface area contributed by atoms with E-state index >= 15 is 0 Å². The predicted octanol–water partition coefficient (Wildman–Crippen LogP) is 3.13. The summed E-state index contributed by atoms with van der Waals surface area (Å²) in [6.45, 7) is 2.11. The summed E-state index contributed by atoms with van der Waals surface area (Å²) in [7, 11) is 0.175. The average Bonchev–Trinajstić information content (AvgIpc) is 2.90. The molecule has 1 unspecified atom stereocenters. The fourth-order valence-electron chi connectivity index (χ4n) is 4.02. The van der Waals surface area contributed by atoms with E-state index in [0.717, 1.165) is 37.2 Å². The molecule has 2 aromatic carbocycles. The van der Waals surface area contributed by atoms with Crippen molar-refractivity contribution in [3.63, 3.8) is 0 Å². The largest absolute Gasteiger partial charge is 0.497 e. The summed E-state index contributed by atoms with van der Waals surface area (Å²) in [4.78, 5) is 3.00. The topological polar surface area (TPSA) is 58.6 Å². The van der Waals surface area contributed by atoms with Gasteiger partial charge in [-0.2, -0.15) is 0 Å². The Hall–Kier alpha value is -2.05.